The van der Waals surface area contributed by atoms with Gasteiger partial charge in [-0.2, -0.15) is 0 Å². The van der Waals surface area contributed by atoms with Gasteiger partial charge in [-0.3, -0.25) is 4.79 Å². The number of primary amides is 1. The number of hydrogen-bond acceptors (Lipinski definition) is 5. The molecule has 8 heteroatoms. The molecule has 1 atom stereocenters. The van der Waals surface area contributed by atoms with Crippen molar-refractivity contribution in [1.29, 1.82) is 0 Å². The number of ether oxygens (including phenoxy) is 1. The monoisotopic (exact) mass is 363 g/mol. The quantitative estimate of drug-likeness (QED) is 0.653. The molecule has 0 radical (unpaired) electrons. The van der Waals surface area contributed by atoms with Crippen LogP contribution < -0.4 is 21.5 Å². The lowest BCUT2D eigenvalue weighted by molar-refractivity contribution is -0.112. The fourth-order valence-electron chi connectivity index (χ4n) is 3.05. The number of hydrogen-bond donors (Lipinski definition) is 3. The Kier molecular flexibility index (Phi) is 4.00. The third-order valence-electron chi connectivity index (χ3n) is 4.34. The van der Waals surface area contributed by atoms with Crippen molar-refractivity contribution in [3.63, 3.8) is 0 Å². The van der Waals surface area contributed by atoms with Crippen molar-refractivity contribution in [2.45, 2.75) is 6.17 Å². The first-order valence-corrected chi connectivity index (χ1v) is 8.27. The molecule has 0 saturated heterocycles. The van der Waals surface area contributed by atoms with Gasteiger partial charge in [0.2, 0.25) is 0 Å². The van der Waals surface area contributed by atoms with Crippen LogP contribution in [0.2, 0.25) is 0 Å². The zero-order valence-corrected chi connectivity index (χ0v) is 14.5. The van der Waals surface area contributed by atoms with E-state index in [-0.39, 0.29) is 17.1 Å². The van der Waals surface area contributed by atoms with E-state index >= 15 is 0 Å². The molecule has 4 N–H and O–H groups in total. The lowest BCUT2D eigenvalue weighted by Crippen LogP contribution is -2.31. The first-order chi connectivity index (χ1) is 13.1. The zero-order valence-electron chi connectivity index (χ0n) is 14.5. The van der Waals surface area contributed by atoms with Gasteiger partial charge in [-0.05, 0) is 29.8 Å². The van der Waals surface area contributed by atoms with E-state index in [1.165, 1.54) is 4.57 Å². The van der Waals surface area contributed by atoms with Crippen LogP contribution in [0.25, 0.3) is 5.69 Å². The molecule has 8 nitrogen and oxygen atoms in total. The molecule has 136 valence electrons. The second kappa shape index (κ2) is 6.49. The van der Waals surface area contributed by atoms with Crippen LogP contribution in [-0.2, 0) is 4.79 Å². The molecule has 1 amide bonds. The normalized spacial score (nSPS) is 15.4. The van der Waals surface area contributed by atoms with Gasteiger partial charge in [0.25, 0.3) is 5.91 Å². The summed E-state index contributed by atoms with van der Waals surface area (Å²) in [6, 6.07) is 16.4. The number of imidazole rings is 1. The number of amides is 1. The van der Waals surface area contributed by atoms with Gasteiger partial charge >= 0.3 is 5.69 Å². The Labute approximate surface area is 154 Å². The summed E-state index contributed by atoms with van der Waals surface area (Å²) in [6.45, 7) is 0. The van der Waals surface area contributed by atoms with Gasteiger partial charge < -0.3 is 20.8 Å². The SMILES string of the molecule is COc1ccc(C2N=C(C(N)=O)c3[nH]c(=O)n(-c4ccccc4)c3N2)cc1. The fraction of sp³-hybridized carbons (Fsp3) is 0.105. The Morgan fingerprint density at radius 3 is 2.48 bits per heavy atom. The fourth-order valence-corrected chi connectivity index (χ4v) is 3.05. The molecule has 4 rings (SSSR count). The third-order valence-corrected chi connectivity index (χ3v) is 4.34. The van der Waals surface area contributed by atoms with Crippen molar-refractivity contribution in [2.75, 3.05) is 12.4 Å². The minimum absolute atomic E-state index is 0.0244. The van der Waals surface area contributed by atoms with Crippen molar-refractivity contribution < 1.29 is 9.53 Å². The maximum Gasteiger partial charge on any atom is 0.332 e. The molecule has 0 aliphatic carbocycles. The van der Waals surface area contributed by atoms with Crippen molar-refractivity contribution in [3.05, 3.63) is 76.3 Å². The number of aliphatic imine (C=N–C) groups is 1. The summed E-state index contributed by atoms with van der Waals surface area (Å²) in [5.41, 5.74) is 6.89. The number of para-hydroxylation sites is 1. The number of benzene rings is 2. The number of anilines is 1. The van der Waals surface area contributed by atoms with E-state index in [2.05, 4.69) is 15.3 Å². The summed E-state index contributed by atoms with van der Waals surface area (Å²) in [5.74, 6) is 0.436. The summed E-state index contributed by atoms with van der Waals surface area (Å²) >= 11 is 0. The van der Waals surface area contributed by atoms with Crippen molar-refractivity contribution in [3.8, 4) is 11.4 Å². The van der Waals surface area contributed by atoms with Gasteiger partial charge in [-0.1, -0.05) is 30.3 Å². The molecule has 1 unspecified atom stereocenters. The zero-order chi connectivity index (χ0) is 19.0. The Morgan fingerprint density at radius 1 is 1.15 bits per heavy atom. The number of carbonyl (C=O) groups excluding carboxylic acids is 1. The predicted octanol–water partition coefficient (Wildman–Crippen LogP) is 1.57. The number of nitrogens with zero attached hydrogens (tertiary/aromatic N) is 2. The summed E-state index contributed by atoms with van der Waals surface area (Å²) in [4.78, 5) is 31.6. The number of carbonyl (C=O) groups is 1. The van der Waals surface area contributed by atoms with Gasteiger partial charge in [0, 0.05) is 0 Å². The number of methoxy groups -OCH3 is 1. The van der Waals surface area contributed by atoms with Crippen molar-refractivity contribution in [1.82, 2.24) is 9.55 Å². The van der Waals surface area contributed by atoms with Crippen molar-refractivity contribution >= 4 is 17.4 Å². The number of aromatic nitrogens is 2. The molecular weight excluding hydrogens is 346 g/mol. The molecule has 1 aliphatic heterocycles. The number of nitrogens with two attached hydrogens (primary N) is 1. The van der Waals surface area contributed by atoms with Crippen LogP contribution in [0.4, 0.5) is 5.82 Å². The lowest BCUT2D eigenvalue weighted by Gasteiger charge is -2.23. The molecule has 0 spiro atoms. The highest BCUT2D eigenvalue weighted by molar-refractivity contribution is 6.45. The first kappa shape index (κ1) is 16.6. The number of aromatic amines is 1. The highest BCUT2D eigenvalue weighted by Gasteiger charge is 2.30. The number of H-pyrrole nitrogens is 1. The molecule has 0 fully saturated rings. The molecule has 2 aromatic carbocycles. The molecule has 3 aromatic rings. The van der Waals surface area contributed by atoms with E-state index in [4.69, 9.17) is 10.5 Å². The number of nitrogens with one attached hydrogen (secondary N) is 2. The minimum Gasteiger partial charge on any atom is -0.497 e. The Morgan fingerprint density at radius 2 is 1.85 bits per heavy atom. The van der Waals surface area contributed by atoms with E-state index in [0.29, 0.717) is 17.3 Å². The van der Waals surface area contributed by atoms with Gasteiger partial charge in [0.05, 0.1) is 12.8 Å². The summed E-state index contributed by atoms with van der Waals surface area (Å²) in [5, 5.41) is 3.22. The predicted molar refractivity (Wildman–Crippen MR) is 101 cm³/mol. The number of fused-ring (bicyclic) bond motifs is 1. The van der Waals surface area contributed by atoms with Crippen LogP contribution in [0.1, 0.15) is 17.4 Å². The van der Waals surface area contributed by atoms with E-state index in [0.717, 1.165) is 5.56 Å². The third kappa shape index (κ3) is 2.86. The average Bonchev–Trinajstić information content (AvgIpc) is 3.03. The first-order valence-electron chi connectivity index (χ1n) is 8.27. The van der Waals surface area contributed by atoms with Crippen LogP contribution in [-0.4, -0.2) is 28.3 Å². The van der Waals surface area contributed by atoms with Gasteiger partial charge in [0.1, 0.15) is 23.4 Å². The second-order valence-electron chi connectivity index (χ2n) is 5.99. The van der Waals surface area contributed by atoms with Crippen molar-refractivity contribution in [2.24, 2.45) is 10.7 Å². The summed E-state index contributed by atoms with van der Waals surface area (Å²) in [6.07, 6.45) is -0.573. The molecule has 0 bridgehead atoms. The van der Waals surface area contributed by atoms with Crippen LogP contribution in [0.3, 0.4) is 0 Å². The molecule has 1 aromatic heterocycles. The summed E-state index contributed by atoms with van der Waals surface area (Å²) in [7, 11) is 1.59. The minimum atomic E-state index is -0.710. The van der Waals surface area contributed by atoms with Crippen LogP contribution in [0.15, 0.2) is 64.4 Å². The van der Waals surface area contributed by atoms with Gasteiger partial charge in [-0.15, -0.1) is 0 Å². The van der Waals surface area contributed by atoms with Gasteiger partial charge in [-0.25, -0.2) is 14.4 Å². The van der Waals surface area contributed by atoms with Gasteiger partial charge in [0.15, 0.2) is 5.71 Å². The highest BCUT2D eigenvalue weighted by atomic mass is 16.5. The molecule has 2 heterocycles. The topological polar surface area (TPSA) is 114 Å². The van der Waals surface area contributed by atoms with Crippen LogP contribution >= 0.6 is 0 Å². The summed E-state index contributed by atoms with van der Waals surface area (Å²) < 4.78 is 6.63. The molecule has 1 aliphatic rings. The molecular formula is C19H17N5O3. The maximum atomic E-state index is 12.5. The van der Waals surface area contributed by atoms with E-state index in [1.54, 1.807) is 31.4 Å². The van der Waals surface area contributed by atoms with Crippen LogP contribution in [0, 0.1) is 0 Å². The smallest absolute Gasteiger partial charge is 0.332 e. The number of rotatable bonds is 4. The van der Waals surface area contributed by atoms with Crippen LogP contribution in [0.5, 0.6) is 5.75 Å². The standard InChI is InChI=1S/C19H17N5O3/c1-27-13-9-7-11(8-10-13)17-21-14(16(20)25)15-18(23-17)24(19(26)22-15)12-5-3-2-4-6-12/h2-10,17,23H,1H3,(H2,20,25)(H,22,26). The molecule has 27 heavy (non-hydrogen) atoms. The molecule has 0 saturated carbocycles. The second-order valence-corrected chi connectivity index (χ2v) is 5.99. The lowest BCUT2D eigenvalue weighted by atomic mass is 10.1. The largest absolute Gasteiger partial charge is 0.497 e. The highest BCUT2D eigenvalue weighted by Crippen LogP contribution is 2.30. The maximum absolute atomic E-state index is 12.5. The van der Waals surface area contributed by atoms with E-state index in [9.17, 15) is 9.59 Å². The Bertz CT molecular complexity index is 1080. The van der Waals surface area contributed by atoms with E-state index < -0.39 is 12.1 Å². The van der Waals surface area contributed by atoms with E-state index in [1.807, 2.05) is 30.3 Å². The average molecular weight is 363 g/mol. The Balaban J connectivity index is 1.85. The Hall–Kier alpha value is -3.81.